The highest BCUT2D eigenvalue weighted by atomic mass is 19.1. The van der Waals surface area contributed by atoms with E-state index in [1.54, 1.807) is 0 Å². The van der Waals surface area contributed by atoms with Crippen LogP contribution in [0.3, 0.4) is 0 Å². The van der Waals surface area contributed by atoms with Crippen LogP contribution in [-0.4, -0.2) is 6.04 Å². The van der Waals surface area contributed by atoms with Crippen molar-refractivity contribution in [2.45, 2.75) is 32.7 Å². The molecule has 0 aliphatic carbocycles. The van der Waals surface area contributed by atoms with Gasteiger partial charge >= 0.3 is 0 Å². The van der Waals surface area contributed by atoms with Gasteiger partial charge in [0.1, 0.15) is 5.82 Å². The molecule has 3 N–H and O–H groups in total. The third-order valence-electron chi connectivity index (χ3n) is 2.44. The predicted molar refractivity (Wildman–Crippen MR) is 58.8 cm³/mol. The van der Waals surface area contributed by atoms with Gasteiger partial charge in [-0.2, -0.15) is 0 Å². The summed E-state index contributed by atoms with van der Waals surface area (Å²) in [6, 6.07) is 2.19. The summed E-state index contributed by atoms with van der Waals surface area (Å²) in [6.07, 6.45) is 1.77. The molecule has 4 heteroatoms. The van der Waals surface area contributed by atoms with Crippen molar-refractivity contribution in [3.63, 3.8) is 0 Å². The lowest BCUT2D eigenvalue weighted by Crippen LogP contribution is -2.18. The molecule has 0 spiro atoms. The fourth-order valence-electron chi connectivity index (χ4n) is 1.42. The minimum absolute atomic E-state index is 0.0247. The maximum absolute atomic E-state index is 13.1. The first-order valence-electron chi connectivity index (χ1n) is 5.09. The van der Waals surface area contributed by atoms with E-state index >= 15 is 0 Å². The smallest absolute Gasteiger partial charge is 0.151 e. The van der Waals surface area contributed by atoms with Gasteiger partial charge in [-0.1, -0.05) is 13.8 Å². The van der Waals surface area contributed by atoms with Crippen molar-refractivity contribution in [1.29, 1.82) is 0 Å². The van der Waals surface area contributed by atoms with Crippen LogP contribution in [0.1, 0.15) is 26.7 Å². The Morgan fingerprint density at radius 1 is 1.27 bits per heavy atom. The molecule has 0 radical (unpaired) electrons. The van der Waals surface area contributed by atoms with E-state index in [0.717, 1.165) is 18.9 Å². The number of nitrogens with two attached hydrogens (primary N) is 1. The molecule has 0 saturated heterocycles. The van der Waals surface area contributed by atoms with Crippen molar-refractivity contribution >= 4 is 11.4 Å². The zero-order chi connectivity index (χ0) is 11.4. The van der Waals surface area contributed by atoms with Crippen molar-refractivity contribution in [3.8, 4) is 0 Å². The van der Waals surface area contributed by atoms with Gasteiger partial charge in [0.2, 0.25) is 0 Å². The average molecular weight is 214 g/mol. The van der Waals surface area contributed by atoms with E-state index in [4.69, 9.17) is 5.73 Å². The fraction of sp³-hybridized carbons (Fsp3) is 0.455. The number of hydrogen-bond donors (Lipinski definition) is 2. The van der Waals surface area contributed by atoms with E-state index in [0.29, 0.717) is 5.69 Å². The number of hydrogen-bond acceptors (Lipinski definition) is 2. The van der Waals surface area contributed by atoms with Crippen molar-refractivity contribution in [2.75, 3.05) is 11.1 Å². The molecular weight excluding hydrogens is 198 g/mol. The van der Waals surface area contributed by atoms with Crippen LogP contribution < -0.4 is 11.1 Å². The summed E-state index contributed by atoms with van der Waals surface area (Å²) in [5.41, 5.74) is 5.81. The van der Waals surface area contributed by atoms with Crippen molar-refractivity contribution in [3.05, 3.63) is 23.8 Å². The van der Waals surface area contributed by atoms with Gasteiger partial charge < -0.3 is 11.1 Å². The zero-order valence-corrected chi connectivity index (χ0v) is 8.98. The first-order chi connectivity index (χ1) is 7.08. The third-order valence-corrected chi connectivity index (χ3v) is 2.44. The molecule has 0 bridgehead atoms. The van der Waals surface area contributed by atoms with E-state index in [1.165, 1.54) is 6.07 Å². The maximum Gasteiger partial charge on any atom is 0.151 e. The SMILES string of the molecule is CCC(CC)Nc1cc(F)cc(F)c1N. The van der Waals surface area contributed by atoms with E-state index in [1.807, 2.05) is 13.8 Å². The molecule has 2 nitrogen and oxygen atoms in total. The van der Waals surface area contributed by atoms with E-state index in [-0.39, 0.29) is 11.7 Å². The van der Waals surface area contributed by atoms with Crippen molar-refractivity contribution in [2.24, 2.45) is 0 Å². The quantitative estimate of drug-likeness (QED) is 0.755. The summed E-state index contributed by atoms with van der Waals surface area (Å²) in [5, 5.41) is 3.02. The monoisotopic (exact) mass is 214 g/mol. The Hall–Kier alpha value is -1.32. The minimum atomic E-state index is -0.719. The topological polar surface area (TPSA) is 38.0 Å². The molecule has 1 aromatic rings. The number of halogens is 2. The van der Waals surface area contributed by atoms with Gasteiger partial charge in [0.25, 0.3) is 0 Å². The van der Waals surface area contributed by atoms with Gasteiger partial charge in [0, 0.05) is 12.1 Å². The maximum atomic E-state index is 13.1. The van der Waals surface area contributed by atoms with Crippen molar-refractivity contribution in [1.82, 2.24) is 0 Å². The predicted octanol–water partition coefficient (Wildman–Crippen LogP) is 3.15. The summed E-state index contributed by atoms with van der Waals surface area (Å²) in [6.45, 7) is 4.01. The Morgan fingerprint density at radius 2 is 1.87 bits per heavy atom. The Balaban J connectivity index is 2.93. The summed E-state index contributed by atoms with van der Waals surface area (Å²) < 4.78 is 26.0. The lowest BCUT2D eigenvalue weighted by molar-refractivity contribution is 0.585. The highest BCUT2D eigenvalue weighted by Gasteiger charge is 2.10. The van der Waals surface area contributed by atoms with E-state index < -0.39 is 11.6 Å². The summed E-state index contributed by atoms with van der Waals surface area (Å²) in [7, 11) is 0. The Labute approximate surface area is 88.5 Å². The standard InChI is InChI=1S/C11H16F2N2/c1-3-8(4-2)15-10-6-7(12)5-9(13)11(10)14/h5-6,8,15H,3-4,14H2,1-2H3. The van der Waals surface area contributed by atoms with Crippen LogP contribution in [0.5, 0.6) is 0 Å². The number of anilines is 2. The summed E-state index contributed by atoms with van der Waals surface area (Å²) >= 11 is 0. The Kier molecular flexibility index (Phi) is 3.88. The summed E-state index contributed by atoms with van der Waals surface area (Å²) in [4.78, 5) is 0. The second-order valence-electron chi connectivity index (χ2n) is 3.51. The van der Waals surface area contributed by atoms with Gasteiger partial charge in [-0.3, -0.25) is 0 Å². The molecule has 0 aliphatic heterocycles. The van der Waals surface area contributed by atoms with Crippen LogP contribution in [0.15, 0.2) is 12.1 Å². The average Bonchev–Trinajstić information content (AvgIpc) is 2.21. The molecule has 0 fully saturated rings. The number of nitrogen functional groups attached to an aromatic ring is 1. The van der Waals surface area contributed by atoms with Gasteiger partial charge in [-0.25, -0.2) is 8.78 Å². The van der Waals surface area contributed by atoms with Crippen LogP contribution in [0.2, 0.25) is 0 Å². The van der Waals surface area contributed by atoms with Crippen LogP contribution in [0.4, 0.5) is 20.2 Å². The largest absolute Gasteiger partial charge is 0.395 e. The second-order valence-corrected chi connectivity index (χ2v) is 3.51. The van der Waals surface area contributed by atoms with Gasteiger partial charge in [0.15, 0.2) is 5.82 Å². The lowest BCUT2D eigenvalue weighted by Gasteiger charge is -2.18. The lowest BCUT2D eigenvalue weighted by atomic mass is 10.1. The molecular formula is C11H16F2N2. The minimum Gasteiger partial charge on any atom is -0.395 e. The Morgan fingerprint density at radius 3 is 2.40 bits per heavy atom. The molecule has 1 rings (SSSR count). The first-order valence-corrected chi connectivity index (χ1v) is 5.09. The van der Waals surface area contributed by atoms with Crippen LogP contribution in [0.25, 0.3) is 0 Å². The molecule has 15 heavy (non-hydrogen) atoms. The number of rotatable bonds is 4. The normalized spacial score (nSPS) is 10.7. The van der Waals surface area contributed by atoms with Crippen LogP contribution in [-0.2, 0) is 0 Å². The van der Waals surface area contributed by atoms with Crippen molar-refractivity contribution < 1.29 is 8.78 Å². The fourth-order valence-corrected chi connectivity index (χ4v) is 1.42. The van der Waals surface area contributed by atoms with E-state index in [2.05, 4.69) is 5.32 Å². The van der Waals surface area contributed by atoms with Gasteiger partial charge in [-0.05, 0) is 18.9 Å². The zero-order valence-electron chi connectivity index (χ0n) is 8.98. The third kappa shape index (κ3) is 2.81. The molecule has 0 aliphatic rings. The van der Waals surface area contributed by atoms with Crippen LogP contribution in [0, 0.1) is 11.6 Å². The molecule has 0 heterocycles. The second kappa shape index (κ2) is 4.96. The molecule has 0 aromatic heterocycles. The summed E-state index contributed by atoms with van der Waals surface area (Å²) in [5.74, 6) is -1.33. The highest BCUT2D eigenvalue weighted by molar-refractivity contribution is 5.67. The highest BCUT2D eigenvalue weighted by Crippen LogP contribution is 2.24. The van der Waals surface area contributed by atoms with Gasteiger partial charge in [-0.15, -0.1) is 0 Å². The first kappa shape index (κ1) is 11.8. The number of nitrogens with one attached hydrogen (secondary N) is 1. The molecule has 0 unspecified atom stereocenters. The van der Waals surface area contributed by atoms with E-state index in [9.17, 15) is 8.78 Å². The van der Waals surface area contributed by atoms with Crippen LogP contribution >= 0.6 is 0 Å². The van der Waals surface area contributed by atoms with Gasteiger partial charge in [0.05, 0.1) is 11.4 Å². The number of benzene rings is 1. The molecule has 1 aromatic carbocycles. The molecule has 0 atom stereocenters. The molecule has 84 valence electrons. The molecule has 0 amide bonds. The molecule has 0 saturated carbocycles. The Bertz CT molecular complexity index is 336.